The molecule has 0 bridgehead atoms. The predicted molar refractivity (Wildman–Crippen MR) is 157 cm³/mol. The number of aliphatic carboxylic acids is 1. The number of carboxylic acids is 1. The number of amides is 2. The summed E-state index contributed by atoms with van der Waals surface area (Å²) in [7, 11) is 0. The van der Waals surface area contributed by atoms with Crippen molar-refractivity contribution >= 4 is 18.0 Å². The van der Waals surface area contributed by atoms with Gasteiger partial charge in [0.2, 0.25) is 5.91 Å². The molecule has 0 saturated heterocycles. The first-order valence-electron chi connectivity index (χ1n) is 13.8. The zero-order valence-electron chi connectivity index (χ0n) is 23.2. The molecule has 9 nitrogen and oxygen atoms in total. The van der Waals surface area contributed by atoms with Crippen molar-refractivity contribution < 1.29 is 29.0 Å². The highest BCUT2D eigenvalue weighted by molar-refractivity contribution is 5.89. The first-order chi connectivity index (χ1) is 20.4. The Morgan fingerprint density at radius 3 is 2.12 bits per heavy atom. The summed E-state index contributed by atoms with van der Waals surface area (Å²) in [6, 6.07) is 26.5. The minimum atomic E-state index is -1.34. The van der Waals surface area contributed by atoms with E-state index in [4.69, 9.17) is 9.47 Å². The van der Waals surface area contributed by atoms with Crippen LogP contribution in [0.4, 0.5) is 4.79 Å². The Bertz CT molecular complexity index is 1480. The predicted octanol–water partition coefficient (Wildman–Crippen LogP) is 4.64. The summed E-state index contributed by atoms with van der Waals surface area (Å²) in [5.74, 6) is -2.05. The van der Waals surface area contributed by atoms with Crippen molar-refractivity contribution in [1.82, 2.24) is 15.6 Å². The summed E-state index contributed by atoms with van der Waals surface area (Å²) in [6.45, 7) is 1.85. The highest BCUT2D eigenvalue weighted by atomic mass is 16.5. The van der Waals surface area contributed by atoms with E-state index in [0.717, 1.165) is 27.8 Å². The molecule has 3 aromatic carbocycles. The van der Waals surface area contributed by atoms with Crippen LogP contribution in [-0.2, 0) is 32.1 Å². The van der Waals surface area contributed by atoms with Gasteiger partial charge in [0.25, 0.3) is 0 Å². The van der Waals surface area contributed by atoms with E-state index in [0.29, 0.717) is 5.69 Å². The van der Waals surface area contributed by atoms with Crippen LogP contribution in [0.15, 0.2) is 97.2 Å². The molecular weight excluding hydrogens is 534 g/mol. The molecule has 1 unspecified atom stereocenters. The van der Waals surface area contributed by atoms with E-state index in [1.165, 1.54) is 0 Å². The van der Waals surface area contributed by atoms with Gasteiger partial charge < -0.3 is 30.2 Å². The zero-order valence-corrected chi connectivity index (χ0v) is 23.2. The van der Waals surface area contributed by atoms with E-state index in [1.807, 2.05) is 78.9 Å². The molecule has 0 aliphatic heterocycles. The number of nitrogens with one attached hydrogen (secondary N) is 3. The third kappa shape index (κ3) is 6.70. The van der Waals surface area contributed by atoms with E-state index < -0.39 is 36.2 Å². The second-order valence-corrected chi connectivity index (χ2v) is 10.2. The maximum absolute atomic E-state index is 13.4. The molecule has 4 aromatic rings. The number of rotatable bonds is 12. The molecule has 0 fully saturated rings. The van der Waals surface area contributed by atoms with Gasteiger partial charge in [0.1, 0.15) is 12.6 Å². The van der Waals surface area contributed by atoms with Crippen LogP contribution < -0.4 is 10.6 Å². The number of H-pyrrole nitrogens is 1. The molecule has 1 aromatic heterocycles. The topological polar surface area (TPSA) is 130 Å². The Morgan fingerprint density at radius 2 is 1.50 bits per heavy atom. The van der Waals surface area contributed by atoms with Gasteiger partial charge >= 0.3 is 12.1 Å². The van der Waals surface area contributed by atoms with Gasteiger partial charge in [-0.3, -0.25) is 4.79 Å². The summed E-state index contributed by atoms with van der Waals surface area (Å²) < 4.78 is 11.4. The lowest BCUT2D eigenvalue weighted by atomic mass is 9.98. The Morgan fingerprint density at radius 1 is 0.857 bits per heavy atom. The first kappa shape index (κ1) is 28.6. The molecule has 1 aliphatic carbocycles. The van der Waals surface area contributed by atoms with Crippen molar-refractivity contribution in [1.29, 1.82) is 0 Å². The van der Waals surface area contributed by atoms with Crippen molar-refractivity contribution in [3.63, 3.8) is 0 Å². The van der Waals surface area contributed by atoms with E-state index >= 15 is 0 Å². The molecule has 0 spiro atoms. The summed E-state index contributed by atoms with van der Waals surface area (Å²) >= 11 is 0. The number of hydrogen-bond donors (Lipinski definition) is 4. The van der Waals surface area contributed by atoms with Gasteiger partial charge in [0.15, 0.2) is 6.04 Å². The Hall–Kier alpha value is -4.89. The van der Waals surface area contributed by atoms with Gasteiger partial charge in [-0.1, -0.05) is 78.9 Å². The fourth-order valence-electron chi connectivity index (χ4n) is 5.24. The SMILES string of the molecule is C[C@@H](OCc1ccccc1)[C@H](NC(=O)C(Cc1ccc[nH]1)NC(=O)OCC1c2ccccc2-c2ccccc21)C(=O)O. The lowest BCUT2D eigenvalue weighted by molar-refractivity contribution is -0.146. The van der Waals surface area contributed by atoms with Crippen LogP contribution in [0.5, 0.6) is 0 Å². The third-order valence-electron chi connectivity index (χ3n) is 7.43. The van der Waals surface area contributed by atoms with E-state index in [1.54, 1.807) is 25.3 Å². The summed E-state index contributed by atoms with van der Waals surface area (Å²) in [5.41, 5.74) is 5.92. The van der Waals surface area contributed by atoms with E-state index in [-0.39, 0.29) is 25.6 Å². The van der Waals surface area contributed by atoms with E-state index in [9.17, 15) is 19.5 Å². The number of carbonyl (C=O) groups excluding carboxylic acids is 2. The molecule has 0 radical (unpaired) electrons. The molecule has 216 valence electrons. The number of fused-ring (bicyclic) bond motifs is 3. The third-order valence-corrected chi connectivity index (χ3v) is 7.43. The molecule has 5 rings (SSSR count). The summed E-state index contributed by atoms with van der Waals surface area (Å²) in [6.07, 6.45) is 0.197. The minimum absolute atomic E-state index is 0.0822. The molecule has 4 N–H and O–H groups in total. The van der Waals surface area contributed by atoms with Crippen molar-refractivity contribution in [2.45, 2.75) is 44.1 Å². The normalized spacial score (nSPS) is 14.2. The molecule has 1 heterocycles. The molecule has 2 amide bonds. The first-order valence-corrected chi connectivity index (χ1v) is 13.8. The number of alkyl carbamates (subject to hydrolysis) is 1. The van der Waals surface area contributed by atoms with Crippen LogP contribution >= 0.6 is 0 Å². The van der Waals surface area contributed by atoms with Crippen molar-refractivity contribution in [2.75, 3.05) is 6.61 Å². The van der Waals surface area contributed by atoms with Crippen LogP contribution in [0.2, 0.25) is 0 Å². The number of carbonyl (C=O) groups is 3. The van der Waals surface area contributed by atoms with Crippen LogP contribution in [0.25, 0.3) is 11.1 Å². The number of aromatic nitrogens is 1. The fraction of sp³-hybridized carbons (Fsp3) is 0.242. The zero-order chi connectivity index (χ0) is 29.5. The van der Waals surface area contributed by atoms with Gasteiger partial charge in [-0.2, -0.15) is 0 Å². The second-order valence-electron chi connectivity index (χ2n) is 10.2. The quantitative estimate of drug-likeness (QED) is 0.197. The Balaban J connectivity index is 1.24. The largest absolute Gasteiger partial charge is 0.480 e. The highest BCUT2D eigenvalue weighted by Crippen LogP contribution is 2.44. The van der Waals surface area contributed by atoms with Crippen molar-refractivity contribution in [2.24, 2.45) is 0 Å². The van der Waals surface area contributed by atoms with Gasteiger partial charge in [-0.05, 0) is 46.9 Å². The maximum Gasteiger partial charge on any atom is 0.407 e. The maximum atomic E-state index is 13.4. The van der Waals surface area contributed by atoms with Gasteiger partial charge in [0, 0.05) is 24.2 Å². The fourth-order valence-corrected chi connectivity index (χ4v) is 5.24. The van der Waals surface area contributed by atoms with Gasteiger partial charge in [-0.25, -0.2) is 9.59 Å². The average Bonchev–Trinajstić information content (AvgIpc) is 3.63. The standard InChI is InChI=1S/C33H33N3O6/c1-21(41-19-22-10-3-2-4-11-22)30(32(38)39)36-31(37)29(18-23-12-9-17-34-23)35-33(40)42-20-28-26-15-7-5-13-24(26)25-14-6-8-16-27(25)28/h2-17,21,28-30,34H,18-20H2,1H3,(H,35,40)(H,36,37)(H,38,39)/t21-,29?,30+/m1/s1. The molecule has 1 aliphatic rings. The van der Waals surface area contributed by atoms with E-state index in [2.05, 4.69) is 15.6 Å². The van der Waals surface area contributed by atoms with Crippen LogP contribution in [0.3, 0.4) is 0 Å². The van der Waals surface area contributed by atoms with Gasteiger partial charge in [-0.15, -0.1) is 0 Å². The van der Waals surface area contributed by atoms with Crippen molar-refractivity contribution in [3.8, 4) is 11.1 Å². The summed E-state index contributed by atoms with van der Waals surface area (Å²) in [5, 5.41) is 15.0. The molecular formula is C33H33N3O6. The van der Waals surface area contributed by atoms with Crippen LogP contribution in [-0.4, -0.2) is 52.9 Å². The summed E-state index contributed by atoms with van der Waals surface area (Å²) in [4.78, 5) is 41.5. The van der Waals surface area contributed by atoms with Crippen molar-refractivity contribution in [3.05, 3.63) is 120 Å². The Labute approximate surface area is 243 Å². The van der Waals surface area contributed by atoms with Gasteiger partial charge in [0.05, 0.1) is 12.7 Å². The number of benzene rings is 3. The molecule has 42 heavy (non-hydrogen) atoms. The van der Waals surface area contributed by atoms with Crippen LogP contribution in [0, 0.1) is 0 Å². The monoisotopic (exact) mass is 567 g/mol. The average molecular weight is 568 g/mol. The molecule has 3 atom stereocenters. The molecule has 0 saturated carbocycles. The Kier molecular flexibility index (Phi) is 8.99. The second kappa shape index (κ2) is 13.2. The minimum Gasteiger partial charge on any atom is -0.480 e. The highest BCUT2D eigenvalue weighted by Gasteiger charge is 2.33. The number of ether oxygens (including phenoxy) is 2. The number of hydrogen-bond acceptors (Lipinski definition) is 5. The number of aromatic amines is 1. The molecule has 9 heteroatoms. The van der Waals surface area contributed by atoms with Crippen LogP contribution in [0.1, 0.15) is 35.2 Å². The number of carboxylic acid groups (broad SMARTS) is 1. The lowest BCUT2D eigenvalue weighted by Crippen LogP contribution is -2.55. The lowest BCUT2D eigenvalue weighted by Gasteiger charge is -2.25. The smallest absolute Gasteiger partial charge is 0.407 e.